The standard InChI is InChI=1S/C23H27ClN2O5S/c1-15-6-9-19(10-7-15)25-22(27)17(3)31-23(28)18-8-11-20(24)21(13-18)32(29,30)26-12-4-5-16(2)14-26/h6-11,13,16-17H,4-5,12,14H2,1-3H3,(H,25,27). The van der Waals surface area contributed by atoms with Crippen LogP contribution in [0.1, 0.15) is 42.6 Å². The summed E-state index contributed by atoms with van der Waals surface area (Å²) in [4.78, 5) is 24.9. The maximum atomic E-state index is 13.1. The van der Waals surface area contributed by atoms with Crippen molar-refractivity contribution in [3.63, 3.8) is 0 Å². The van der Waals surface area contributed by atoms with E-state index in [0.717, 1.165) is 18.4 Å². The second-order valence-electron chi connectivity index (χ2n) is 8.16. The number of halogens is 1. The summed E-state index contributed by atoms with van der Waals surface area (Å²) in [6.07, 6.45) is 0.657. The molecule has 172 valence electrons. The first-order valence-electron chi connectivity index (χ1n) is 10.5. The van der Waals surface area contributed by atoms with Gasteiger partial charge in [0.05, 0.1) is 10.6 Å². The van der Waals surface area contributed by atoms with Crippen LogP contribution in [-0.2, 0) is 19.6 Å². The lowest BCUT2D eigenvalue weighted by Gasteiger charge is -2.30. The van der Waals surface area contributed by atoms with Crippen molar-refractivity contribution in [2.24, 2.45) is 5.92 Å². The van der Waals surface area contributed by atoms with E-state index < -0.39 is 28.0 Å². The Balaban J connectivity index is 1.73. The van der Waals surface area contributed by atoms with E-state index in [4.69, 9.17) is 16.3 Å². The van der Waals surface area contributed by atoms with Crippen LogP contribution in [0.2, 0.25) is 5.02 Å². The lowest BCUT2D eigenvalue weighted by Crippen LogP contribution is -2.39. The average molecular weight is 479 g/mol. The van der Waals surface area contributed by atoms with Gasteiger partial charge in [-0.15, -0.1) is 0 Å². The van der Waals surface area contributed by atoms with Gasteiger partial charge in [0, 0.05) is 18.8 Å². The number of nitrogens with one attached hydrogen (secondary N) is 1. The highest BCUT2D eigenvalue weighted by Gasteiger charge is 2.31. The third kappa shape index (κ3) is 5.68. The minimum absolute atomic E-state index is 0.00742. The number of benzene rings is 2. The van der Waals surface area contributed by atoms with E-state index in [1.165, 1.54) is 29.4 Å². The second-order valence-corrected chi connectivity index (χ2v) is 10.5. The molecule has 1 fully saturated rings. The number of ether oxygens (including phenoxy) is 1. The molecule has 2 atom stereocenters. The van der Waals surface area contributed by atoms with Gasteiger partial charge in [-0.25, -0.2) is 13.2 Å². The molecule has 1 aliphatic heterocycles. The molecule has 0 aromatic heterocycles. The van der Waals surface area contributed by atoms with Crippen molar-refractivity contribution in [1.82, 2.24) is 4.31 Å². The number of rotatable bonds is 6. The van der Waals surface area contributed by atoms with Crippen LogP contribution >= 0.6 is 11.6 Å². The van der Waals surface area contributed by atoms with Crippen molar-refractivity contribution in [1.29, 1.82) is 0 Å². The molecule has 0 spiro atoms. The highest BCUT2D eigenvalue weighted by Crippen LogP contribution is 2.29. The number of aryl methyl sites for hydroxylation is 1. The number of carbonyl (C=O) groups excluding carboxylic acids is 2. The van der Waals surface area contributed by atoms with Crippen molar-refractivity contribution in [2.45, 2.75) is 44.6 Å². The Labute approximate surface area is 193 Å². The van der Waals surface area contributed by atoms with Crippen molar-refractivity contribution in [3.8, 4) is 0 Å². The van der Waals surface area contributed by atoms with Crippen molar-refractivity contribution in [2.75, 3.05) is 18.4 Å². The van der Waals surface area contributed by atoms with Crippen LogP contribution < -0.4 is 5.32 Å². The molecule has 9 heteroatoms. The molecule has 2 aromatic rings. The highest BCUT2D eigenvalue weighted by molar-refractivity contribution is 7.89. The Morgan fingerprint density at radius 1 is 1.19 bits per heavy atom. The molecule has 3 rings (SSSR count). The molecular formula is C23H27ClN2O5S. The maximum absolute atomic E-state index is 13.1. The van der Waals surface area contributed by atoms with E-state index in [1.54, 1.807) is 12.1 Å². The lowest BCUT2D eigenvalue weighted by atomic mass is 10.0. The smallest absolute Gasteiger partial charge is 0.338 e. The zero-order valence-electron chi connectivity index (χ0n) is 18.3. The molecule has 1 aliphatic rings. The summed E-state index contributed by atoms with van der Waals surface area (Å²) >= 11 is 6.18. The van der Waals surface area contributed by atoms with Crippen molar-refractivity contribution in [3.05, 3.63) is 58.6 Å². The first kappa shape index (κ1) is 24.2. The van der Waals surface area contributed by atoms with Gasteiger partial charge in [0.1, 0.15) is 4.90 Å². The van der Waals surface area contributed by atoms with Crippen LogP contribution in [0, 0.1) is 12.8 Å². The fourth-order valence-corrected chi connectivity index (χ4v) is 5.59. The monoisotopic (exact) mass is 478 g/mol. The summed E-state index contributed by atoms with van der Waals surface area (Å²) in [5.41, 5.74) is 1.64. The molecule has 1 N–H and O–H groups in total. The molecule has 7 nitrogen and oxygen atoms in total. The number of piperidine rings is 1. The van der Waals surface area contributed by atoms with E-state index in [1.807, 2.05) is 26.0 Å². The van der Waals surface area contributed by atoms with Gasteiger partial charge in [-0.2, -0.15) is 4.31 Å². The Morgan fingerprint density at radius 2 is 1.88 bits per heavy atom. The second kappa shape index (κ2) is 10.0. The van der Waals surface area contributed by atoms with E-state index in [0.29, 0.717) is 18.8 Å². The number of sulfonamides is 1. The first-order chi connectivity index (χ1) is 15.1. The lowest BCUT2D eigenvalue weighted by molar-refractivity contribution is -0.123. The van der Waals surface area contributed by atoms with Crippen molar-refractivity contribution >= 4 is 39.2 Å². The van der Waals surface area contributed by atoms with E-state index in [9.17, 15) is 18.0 Å². The SMILES string of the molecule is Cc1ccc(NC(=O)C(C)OC(=O)c2ccc(Cl)c(S(=O)(=O)N3CCCC(C)C3)c2)cc1. The molecule has 1 heterocycles. The zero-order chi connectivity index (χ0) is 23.5. The normalized spacial score (nSPS) is 18.1. The predicted octanol–water partition coefficient (Wildman–Crippen LogP) is 4.25. The van der Waals surface area contributed by atoms with Crippen molar-refractivity contribution < 1.29 is 22.7 Å². The molecule has 0 bridgehead atoms. The number of nitrogens with zero attached hydrogens (tertiary/aromatic N) is 1. The molecule has 0 aliphatic carbocycles. The predicted molar refractivity (Wildman–Crippen MR) is 123 cm³/mol. The summed E-state index contributed by atoms with van der Waals surface area (Å²) < 4.78 is 32.9. The molecule has 1 amide bonds. The Kier molecular flexibility index (Phi) is 7.59. The van der Waals surface area contributed by atoms with E-state index in [2.05, 4.69) is 5.32 Å². The van der Waals surface area contributed by atoms with Crippen LogP contribution in [-0.4, -0.2) is 43.8 Å². The highest BCUT2D eigenvalue weighted by atomic mass is 35.5. The van der Waals surface area contributed by atoms with Gasteiger partial charge in [0.25, 0.3) is 5.91 Å². The molecule has 2 aromatic carbocycles. The van der Waals surface area contributed by atoms with Crippen LogP contribution in [0.4, 0.5) is 5.69 Å². The fourth-order valence-electron chi connectivity index (χ4n) is 3.49. The van der Waals surface area contributed by atoms with Gasteiger partial charge in [-0.1, -0.05) is 36.2 Å². The molecule has 2 unspecified atom stereocenters. The van der Waals surface area contributed by atoms with Gasteiger partial charge in [-0.3, -0.25) is 4.79 Å². The van der Waals surface area contributed by atoms with E-state index in [-0.39, 0.29) is 21.4 Å². The zero-order valence-corrected chi connectivity index (χ0v) is 19.9. The largest absolute Gasteiger partial charge is 0.449 e. The fraction of sp³-hybridized carbons (Fsp3) is 0.391. The van der Waals surface area contributed by atoms with Gasteiger partial charge >= 0.3 is 5.97 Å². The van der Waals surface area contributed by atoms with Crippen LogP contribution in [0.25, 0.3) is 0 Å². The number of hydrogen-bond acceptors (Lipinski definition) is 5. The number of esters is 1. The Morgan fingerprint density at radius 3 is 2.53 bits per heavy atom. The minimum Gasteiger partial charge on any atom is -0.449 e. The number of hydrogen-bond donors (Lipinski definition) is 1. The van der Waals surface area contributed by atoms with Crippen LogP contribution in [0.3, 0.4) is 0 Å². The Hall–Kier alpha value is -2.42. The number of amides is 1. The molecule has 32 heavy (non-hydrogen) atoms. The summed E-state index contributed by atoms with van der Waals surface area (Å²) in [6.45, 7) is 6.20. The summed E-state index contributed by atoms with van der Waals surface area (Å²) in [6, 6.07) is 11.2. The Bertz CT molecular complexity index is 1100. The van der Waals surface area contributed by atoms with Crippen LogP contribution in [0.5, 0.6) is 0 Å². The number of anilines is 1. The van der Waals surface area contributed by atoms with Gasteiger partial charge < -0.3 is 10.1 Å². The third-order valence-electron chi connectivity index (χ3n) is 5.38. The minimum atomic E-state index is -3.86. The quantitative estimate of drug-likeness (QED) is 0.626. The summed E-state index contributed by atoms with van der Waals surface area (Å²) in [7, 11) is -3.86. The summed E-state index contributed by atoms with van der Waals surface area (Å²) in [5, 5.41) is 2.71. The van der Waals surface area contributed by atoms with Gasteiger partial charge in [0.15, 0.2) is 6.10 Å². The molecular weight excluding hydrogens is 452 g/mol. The average Bonchev–Trinajstić information content (AvgIpc) is 2.75. The first-order valence-corrected chi connectivity index (χ1v) is 12.3. The third-order valence-corrected chi connectivity index (χ3v) is 7.72. The molecule has 0 saturated carbocycles. The number of carbonyl (C=O) groups is 2. The maximum Gasteiger partial charge on any atom is 0.338 e. The summed E-state index contributed by atoms with van der Waals surface area (Å²) in [5.74, 6) is -1.05. The van der Waals surface area contributed by atoms with Gasteiger partial charge in [0.2, 0.25) is 10.0 Å². The van der Waals surface area contributed by atoms with Crippen LogP contribution in [0.15, 0.2) is 47.4 Å². The van der Waals surface area contributed by atoms with E-state index >= 15 is 0 Å². The molecule has 1 saturated heterocycles. The molecule has 0 radical (unpaired) electrons. The van der Waals surface area contributed by atoms with Gasteiger partial charge in [-0.05, 0) is 62.9 Å². The topological polar surface area (TPSA) is 92.8 Å².